The summed E-state index contributed by atoms with van der Waals surface area (Å²) in [7, 11) is 1.64. The number of ether oxygens (including phenoxy) is 2. The van der Waals surface area contributed by atoms with E-state index in [1.165, 1.54) is 0 Å². The van der Waals surface area contributed by atoms with Crippen molar-refractivity contribution in [2.75, 3.05) is 26.9 Å². The van der Waals surface area contributed by atoms with E-state index in [1.807, 2.05) is 6.92 Å². The SMILES string of the molecule is COCCOCC(C)C(=O)CC(C)C. The van der Waals surface area contributed by atoms with Crippen LogP contribution in [0.4, 0.5) is 0 Å². The normalized spacial score (nSPS) is 13.2. The maximum atomic E-state index is 11.5. The van der Waals surface area contributed by atoms with E-state index in [-0.39, 0.29) is 11.7 Å². The highest BCUT2D eigenvalue weighted by molar-refractivity contribution is 5.80. The van der Waals surface area contributed by atoms with Crippen LogP contribution in [0.1, 0.15) is 27.2 Å². The number of hydrogen-bond donors (Lipinski definition) is 0. The van der Waals surface area contributed by atoms with Crippen LogP contribution in [0.15, 0.2) is 0 Å². The predicted octanol–water partition coefficient (Wildman–Crippen LogP) is 1.90. The van der Waals surface area contributed by atoms with Gasteiger partial charge in [-0.2, -0.15) is 0 Å². The lowest BCUT2D eigenvalue weighted by Crippen LogP contribution is -2.19. The molecule has 0 radical (unpaired) electrons. The molecule has 0 aromatic carbocycles. The monoisotopic (exact) mass is 202 g/mol. The number of Topliss-reactive ketones (excluding diaryl/α,β-unsaturated/α-hetero) is 1. The number of methoxy groups -OCH3 is 1. The summed E-state index contributed by atoms with van der Waals surface area (Å²) in [4.78, 5) is 11.5. The van der Waals surface area contributed by atoms with E-state index < -0.39 is 0 Å². The number of carbonyl (C=O) groups is 1. The smallest absolute Gasteiger partial charge is 0.138 e. The third-order valence-corrected chi connectivity index (χ3v) is 1.96. The predicted molar refractivity (Wildman–Crippen MR) is 56.3 cm³/mol. The van der Waals surface area contributed by atoms with Crippen LogP contribution in [-0.2, 0) is 14.3 Å². The Hall–Kier alpha value is -0.410. The number of ketones is 1. The molecular formula is C11H22O3. The van der Waals surface area contributed by atoms with Crippen molar-refractivity contribution >= 4 is 5.78 Å². The highest BCUT2D eigenvalue weighted by Gasteiger charge is 2.13. The summed E-state index contributed by atoms with van der Waals surface area (Å²) >= 11 is 0. The number of hydrogen-bond acceptors (Lipinski definition) is 3. The Labute approximate surface area is 86.8 Å². The van der Waals surface area contributed by atoms with Gasteiger partial charge in [0.1, 0.15) is 5.78 Å². The molecule has 84 valence electrons. The molecule has 0 fully saturated rings. The highest BCUT2D eigenvalue weighted by atomic mass is 16.5. The summed E-state index contributed by atoms with van der Waals surface area (Å²) < 4.78 is 10.1. The van der Waals surface area contributed by atoms with Crippen molar-refractivity contribution < 1.29 is 14.3 Å². The Bertz CT molecular complexity index is 155. The van der Waals surface area contributed by atoms with E-state index in [0.29, 0.717) is 32.2 Å². The Morgan fingerprint density at radius 1 is 1.21 bits per heavy atom. The summed E-state index contributed by atoms with van der Waals surface area (Å²) in [6.07, 6.45) is 0.648. The molecule has 1 atom stereocenters. The van der Waals surface area contributed by atoms with Gasteiger partial charge < -0.3 is 9.47 Å². The second kappa shape index (κ2) is 7.94. The Balaban J connectivity index is 3.52. The average Bonchev–Trinajstić information content (AvgIpc) is 2.11. The summed E-state index contributed by atoms with van der Waals surface area (Å²) in [6.45, 7) is 7.68. The van der Waals surface area contributed by atoms with Crippen LogP contribution in [0.5, 0.6) is 0 Å². The first-order valence-corrected chi connectivity index (χ1v) is 5.17. The fraction of sp³-hybridized carbons (Fsp3) is 0.909. The zero-order valence-corrected chi connectivity index (χ0v) is 9.71. The molecule has 1 unspecified atom stereocenters. The molecule has 0 N–H and O–H groups in total. The zero-order valence-electron chi connectivity index (χ0n) is 9.71. The molecular weight excluding hydrogens is 180 g/mol. The second-order valence-electron chi connectivity index (χ2n) is 4.03. The third-order valence-electron chi connectivity index (χ3n) is 1.96. The lowest BCUT2D eigenvalue weighted by molar-refractivity contribution is -0.125. The van der Waals surface area contributed by atoms with Gasteiger partial charge in [0.25, 0.3) is 0 Å². The minimum atomic E-state index is 0.00857. The van der Waals surface area contributed by atoms with Gasteiger partial charge in [-0.25, -0.2) is 0 Å². The van der Waals surface area contributed by atoms with E-state index in [9.17, 15) is 4.79 Å². The third kappa shape index (κ3) is 7.04. The van der Waals surface area contributed by atoms with E-state index >= 15 is 0 Å². The van der Waals surface area contributed by atoms with Crippen LogP contribution < -0.4 is 0 Å². The zero-order chi connectivity index (χ0) is 11.0. The lowest BCUT2D eigenvalue weighted by Gasteiger charge is -2.12. The summed E-state index contributed by atoms with van der Waals surface area (Å²) in [5.74, 6) is 0.732. The molecule has 0 amide bonds. The fourth-order valence-corrected chi connectivity index (χ4v) is 1.10. The van der Waals surface area contributed by atoms with E-state index in [0.717, 1.165) is 0 Å². The molecule has 0 aliphatic carbocycles. The molecule has 0 spiro atoms. The topological polar surface area (TPSA) is 35.5 Å². The first-order chi connectivity index (χ1) is 6.57. The first-order valence-electron chi connectivity index (χ1n) is 5.17. The van der Waals surface area contributed by atoms with Crippen LogP contribution in [-0.4, -0.2) is 32.7 Å². The molecule has 3 heteroatoms. The minimum Gasteiger partial charge on any atom is -0.382 e. The van der Waals surface area contributed by atoms with Crippen LogP contribution in [0.25, 0.3) is 0 Å². The molecule has 0 aliphatic rings. The van der Waals surface area contributed by atoms with Crippen molar-refractivity contribution in [1.82, 2.24) is 0 Å². The van der Waals surface area contributed by atoms with Gasteiger partial charge in [-0.1, -0.05) is 20.8 Å². The van der Waals surface area contributed by atoms with Gasteiger partial charge in [0, 0.05) is 19.4 Å². The number of carbonyl (C=O) groups excluding carboxylic acids is 1. The van der Waals surface area contributed by atoms with Gasteiger partial charge in [0.2, 0.25) is 0 Å². The fourth-order valence-electron chi connectivity index (χ4n) is 1.10. The molecule has 0 aromatic heterocycles. The van der Waals surface area contributed by atoms with E-state index in [2.05, 4.69) is 13.8 Å². The van der Waals surface area contributed by atoms with Gasteiger partial charge in [-0.15, -0.1) is 0 Å². The highest BCUT2D eigenvalue weighted by Crippen LogP contribution is 2.08. The van der Waals surface area contributed by atoms with Crippen molar-refractivity contribution in [1.29, 1.82) is 0 Å². The van der Waals surface area contributed by atoms with Crippen molar-refractivity contribution in [3.63, 3.8) is 0 Å². The number of rotatable bonds is 8. The maximum Gasteiger partial charge on any atom is 0.138 e. The quantitative estimate of drug-likeness (QED) is 0.564. The van der Waals surface area contributed by atoms with Gasteiger partial charge in [0.15, 0.2) is 0 Å². The Morgan fingerprint density at radius 3 is 2.36 bits per heavy atom. The first kappa shape index (κ1) is 13.6. The molecule has 3 nitrogen and oxygen atoms in total. The molecule has 14 heavy (non-hydrogen) atoms. The summed E-state index contributed by atoms with van der Waals surface area (Å²) in [5, 5.41) is 0. The molecule has 0 heterocycles. The molecule has 0 aromatic rings. The lowest BCUT2D eigenvalue weighted by atomic mass is 9.98. The van der Waals surface area contributed by atoms with Crippen LogP contribution in [0.3, 0.4) is 0 Å². The van der Waals surface area contributed by atoms with Gasteiger partial charge >= 0.3 is 0 Å². The van der Waals surface area contributed by atoms with Crippen LogP contribution >= 0.6 is 0 Å². The maximum absolute atomic E-state index is 11.5. The van der Waals surface area contributed by atoms with Gasteiger partial charge in [-0.05, 0) is 5.92 Å². The molecule has 0 saturated carbocycles. The van der Waals surface area contributed by atoms with Gasteiger partial charge in [0.05, 0.1) is 19.8 Å². The molecule has 0 rings (SSSR count). The van der Waals surface area contributed by atoms with Crippen molar-refractivity contribution in [2.24, 2.45) is 11.8 Å². The van der Waals surface area contributed by atoms with Crippen molar-refractivity contribution in [2.45, 2.75) is 27.2 Å². The Morgan fingerprint density at radius 2 is 1.86 bits per heavy atom. The summed E-state index contributed by atoms with van der Waals surface area (Å²) in [6, 6.07) is 0. The standard InChI is InChI=1S/C11H22O3/c1-9(2)7-11(12)10(3)8-14-6-5-13-4/h9-10H,5-8H2,1-4H3. The van der Waals surface area contributed by atoms with Crippen molar-refractivity contribution in [3.05, 3.63) is 0 Å². The molecule has 0 aliphatic heterocycles. The molecule has 0 bridgehead atoms. The van der Waals surface area contributed by atoms with Crippen LogP contribution in [0, 0.1) is 11.8 Å². The van der Waals surface area contributed by atoms with Gasteiger partial charge in [-0.3, -0.25) is 4.79 Å². The Kier molecular flexibility index (Phi) is 7.71. The molecule has 0 saturated heterocycles. The van der Waals surface area contributed by atoms with Crippen LogP contribution in [0.2, 0.25) is 0 Å². The minimum absolute atomic E-state index is 0.00857. The average molecular weight is 202 g/mol. The largest absolute Gasteiger partial charge is 0.382 e. The summed E-state index contributed by atoms with van der Waals surface area (Å²) in [5.41, 5.74) is 0. The van der Waals surface area contributed by atoms with Crippen molar-refractivity contribution in [3.8, 4) is 0 Å². The van der Waals surface area contributed by atoms with E-state index in [1.54, 1.807) is 7.11 Å². The van der Waals surface area contributed by atoms with E-state index in [4.69, 9.17) is 9.47 Å². The second-order valence-corrected chi connectivity index (χ2v) is 4.03.